The zero-order chi connectivity index (χ0) is 26.9. The Morgan fingerprint density at radius 1 is 1.08 bits per heavy atom. The van der Waals surface area contributed by atoms with Crippen LogP contribution in [0.2, 0.25) is 0 Å². The van der Waals surface area contributed by atoms with Crippen LogP contribution < -0.4 is 19.7 Å². The summed E-state index contributed by atoms with van der Waals surface area (Å²) in [5.41, 5.74) is 1.35. The summed E-state index contributed by atoms with van der Waals surface area (Å²) >= 11 is 0. The third-order valence-corrected chi connectivity index (χ3v) is 6.66. The standard InChI is InChI=1S/C28H31N5O5/c1-5-28(3,4)29-27(35)26(23-12-10-18(2)38-23)33(19-11-13-22-24(16-19)37-15-14-36-22)25(34)17-32-21-9-7-6-8-20(21)30-31-32/h6-13,16,26H,5,14-15,17H2,1-4H3,(H,29,35). The zero-order valence-corrected chi connectivity index (χ0v) is 21.9. The number of aryl methyl sites for hydroxylation is 1. The van der Waals surface area contributed by atoms with Crippen molar-refractivity contribution in [2.75, 3.05) is 18.1 Å². The number of benzene rings is 2. The van der Waals surface area contributed by atoms with Gasteiger partial charge in [-0.1, -0.05) is 24.3 Å². The predicted octanol–water partition coefficient (Wildman–Crippen LogP) is 4.18. The third-order valence-electron chi connectivity index (χ3n) is 6.66. The quantitative estimate of drug-likeness (QED) is 0.373. The van der Waals surface area contributed by atoms with Crippen molar-refractivity contribution in [2.45, 2.75) is 52.2 Å². The maximum atomic E-state index is 14.1. The van der Waals surface area contributed by atoms with Crippen molar-refractivity contribution in [1.29, 1.82) is 0 Å². The Balaban J connectivity index is 1.61. The number of fused-ring (bicyclic) bond motifs is 2. The van der Waals surface area contributed by atoms with E-state index >= 15 is 0 Å². The van der Waals surface area contributed by atoms with Crippen molar-refractivity contribution >= 4 is 28.5 Å². The smallest absolute Gasteiger partial charge is 0.251 e. The van der Waals surface area contributed by atoms with E-state index in [9.17, 15) is 9.59 Å². The predicted molar refractivity (Wildman–Crippen MR) is 141 cm³/mol. The largest absolute Gasteiger partial charge is 0.486 e. The van der Waals surface area contributed by atoms with E-state index in [1.165, 1.54) is 9.58 Å². The molecule has 0 fully saturated rings. The lowest BCUT2D eigenvalue weighted by atomic mass is 10.0. The summed E-state index contributed by atoms with van der Waals surface area (Å²) in [6.07, 6.45) is 0.700. The fraction of sp³-hybridized carbons (Fsp3) is 0.357. The molecule has 0 saturated heterocycles. The highest BCUT2D eigenvalue weighted by molar-refractivity contribution is 6.01. The minimum atomic E-state index is -1.08. The first-order valence-electron chi connectivity index (χ1n) is 12.6. The van der Waals surface area contributed by atoms with Crippen LogP contribution in [0.3, 0.4) is 0 Å². The average molecular weight is 518 g/mol. The molecule has 1 aliphatic rings. The van der Waals surface area contributed by atoms with Crippen LogP contribution in [0.5, 0.6) is 11.5 Å². The summed E-state index contributed by atoms with van der Waals surface area (Å²) in [4.78, 5) is 29.5. The Morgan fingerprint density at radius 2 is 1.84 bits per heavy atom. The van der Waals surface area contributed by atoms with Gasteiger partial charge in [0.15, 0.2) is 17.5 Å². The number of para-hydroxylation sites is 1. The Kier molecular flexibility index (Phi) is 6.79. The van der Waals surface area contributed by atoms with Crippen LogP contribution in [-0.2, 0) is 16.1 Å². The number of nitrogens with zero attached hydrogens (tertiary/aromatic N) is 4. The summed E-state index contributed by atoms with van der Waals surface area (Å²) in [5.74, 6) is 1.32. The van der Waals surface area contributed by atoms with Gasteiger partial charge in [-0.05, 0) is 63.6 Å². The van der Waals surface area contributed by atoms with Gasteiger partial charge >= 0.3 is 0 Å². The monoisotopic (exact) mass is 517 g/mol. The molecule has 1 aliphatic heterocycles. The van der Waals surface area contributed by atoms with E-state index in [2.05, 4.69) is 15.6 Å². The lowest BCUT2D eigenvalue weighted by Crippen LogP contribution is -2.51. The molecule has 2 aromatic heterocycles. The lowest BCUT2D eigenvalue weighted by molar-refractivity contribution is -0.128. The van der Waals surface area contributed by atoms with Crippen molar-refractivity contribution in [2.24, 2.45) is 0 Å². The Hall–Kier alpha value is -4.34. The lowest BCUT2D eigenvalue weighted by Gasteiger charge is -2.34. The Labute approximate surface area is 220 Å². The molecule has 1 N–H and O–H groups in total. The Bertz CT molecular complexity index is 1470. The van der Waals surface area contributed by atoms with Gasteiger partial charge in [-0.3, -0.25) is 14.5 Å². The van der Waals surface area contributed by atoms with Crippen molar-refractivity contribution in [1.82, 2.24) is 20.3 Å². The highest BCUT2D eigenvalue weighted by atomic mass is 16.6. The maximum Gasteiger partial charge on any atom is 0.251 e. The zero-order valence-electron chi connectivity index (χ0n) is 21.9. The van der Waals surface area contributed by atoms with Crippen molar-refractivity contribution < 1.29 is 23.5 Å². The molecule has 38 heavy (non-hydrogen) atoms. The molecule has 198 valence electrons. The second kappa shape index (κ2) is 10.2. The van der Waals surface area contributed by atoms with Gasteiger partial charge in [0.05, 0.1) is 5.52 Å². The number of furan rings is 1. The molecular weight excluding hydrogens is 486 g/mol. The van der Waals surface area contributed by atoms with E-state index in [1.54, 1.807) is 37.3 Å². The molecule has 2 aromatic carbocycles. The minimum Gasteiger partial charge on any atom is -0.486 e. The van der Waals surface area contributed by atoms with Crippen molar-refractivity contribution in [3.05, 3.63) is 66.1 Å². The molecule has 10 nitrogen and oxygen atoms in total. The van der Waals surface area contributed by atoms with Gasteiger partial charge in [0.25, 0.3) is 5.91 Å². The molecule has 0 saturated carbocycles. The first kappa shape index (κ1) is 25.3. The van der Waals surface area contributed by atoms with E-state index in [-0.39, 0.29) is 18.4 Å². The SMILES string of the molecule is CCC(C)(C)NC(=O)C(c1ccc(C)o1)N(C(=O)Cn1nnc2ccccc21)c1ccc2c(c1)OCCO2. The van der Waals surface area contributed by atoms with Crippen LogP contribution in [0.1, 0.15) is 44.8 Å². The van der Waals surface area contributed by atoms with Gasteiger partial charge in [0.1, 0.15) is 36.8 Å². The van der Waals surface area contributed by atoms with Crippen LogP contribution in [0.25, 0.3) is 11.0 Å². The number of amides is 2. The fourth-order valence-corrected chi connectivity index (χ4v) is 4.32. The normalized spacial score (nSPS) is 13.8. The van der Waals surface area contributed by atoms with Gasteiger partial charge in [0, 0.05) is 17.3 Å². The molecule has 0 spiro atoms. The van der Waals surface area contributed by atoms with Gasteiger partial charge in [-0.25, -0.2) is 4.68 Å². The van der Waals surface area contributed by atoms with Gasteiger partial charge < -0.3 is 19.2 Å². The van der Waals surface area contributed by atoms with Gasteiger partial charge in [-0.2, -0.15) is 0 Å². The number of aromatic nitrogens is 3. The van der Waals surface area contributed by atoms with E-state index in [0.29, 0.717) is 59.4 Å². The topological polar surface area (TPSA) is 112 Å². The summed E-state index contributed by atoms with van der Waals surface area (Å²) in [6, 6.07) is 15.0. The van der Waals surface area contributed by atoms with E-state index in [4.69, 9.17) is 13.9 Å². The van der Waals surface area contributed by atoms with Crippen molar-refractivity contribution in [3.8, 4) is 11.5 Å². The number of rotatable bonds is 8. The summed E-state index contributed by atoms with van der Waals surface area (Å²) in [6.45, 7) is 8.35. The highest BCUT2D eigenvalue weighted by Crippen LogP contribution is 2.38. The Morgan fingerprint density at radius 3 is 2.58 bits per heavy atom. The van der Waals surface area contributed by atoms with Gasteiger partial charge in [0.2, 0.25) is 5.91 Å². The number of nitrogens with one attached hydrogen (secondary N) is 1. The highest BCUT2D eigenvalue weighted by Gasteiger charge is 2.38. The molecule has 3 heterocycles. The second-order valence-corrected chi connectivity index (χ2v) is 9.91. The summed E-state index contributed by atoms with van der Waals surface area (Å²) in [7, 11) is 0. The third kappa shape index (κ3) is 5.06. The molecule has 10 heteroatoms. The number of ether oxygens (including phenoxy) is 2. The number of carbonyl (C=O) groups is 2. The van der Waals surface area contributed by atoms with Crippen LogP contribution in [0.4, 0.5) is 5.69 Å². The minimum absolute atomic E-state index is 0.143. The van der Waals surface area contributed by atoms with Crippen LogP contribution in [-0.4, -0.2) is 45.6 Å². The molecule has 1 unspecified atom stereocenters. The maximum absolute atomic E-state index is 14.1. The molecule has 5 rings (SSSR count). The first-order chi connectivity index (χ1) is 18.3. The molecule has 4 aromatic rings. The first-order valence-corrected chi connectivity index (χ1v) is 12.6. The van der Waals surface area contributed by atoms with E-state index in [1.807, 2.05) is 45.0 Å². The summed E-state index contributed by atoms with van der Waals surface area (Å²) in [5, 5.41) is 11.4. The molecule has 0 bridgehead atoms. The molecule has 0 aliphatic carbocycles. The van der Waals surface area contributed by atoms with Crippen LogP contribution in [0, 0.1) is 6.92 Å². The van der Waals surface area contributed by atoms with Crippen LogP contribution >= 0.6 is 0 Å². The van der Waals surface area contributed by atoms with Crippen molar-refractivity contribution in [3.63, 3.8) is 0 Å². The van der Waals surface area contributed by atoms with Crippen LogP contribution in [0.15, 0.2) is 59.0 Å². The fourth-order valence-electron chi connectivity index (χ4n) is 4.32. The number of carbonyl (C=O) groups excluding carboxylic acids is 2. The number of hydrogen-bond acceptors (Lipinski definition) is 7. The molecule has 0 radical (unpaired) electrons. The van der Waals surface area contributed by atoms with E-state index < -0.39 is 11.6 Å². The molecule has 2 amide bonds. The second-order valence-electron chi connectivity index (χ2n) is 9.91. The number of hydrogen-bond donors (Lipinski definition) is 1. The van der Waals surface area contributed by atoms with Gasteiger partial charge in [-0.15, -0.1) is 5.10 Å². The molecular formula is C28H31N5O5. The van der Waals surface area contributed by atoms with E-state index in [0.717, 1.165) is 0 Å². The molecule has 1 atom stereocenters. The average Bonchev–Trinajstić information content (AvgIpc) is 3.52. The number of anilines is 1. The summed E-state index contributed by atoms with van der Waals surface area (Å²) < 4.78 is 18.9.